The van der Waals surface area contributed by atoms with Crippen molar-refractivity contribution in [2.24, 2.45) is 5.41 Å². The summed E-state index contributed by atoms with van der Waals surface area (Å²) in [7, 11) is 3.35. The lowest BCUT2D eigenvalue weighted by atomic mass is 9.86. The zero-order chi connectivity index (χ0) is 13.9. The largest absolute Gasteiger partial charge is 0.341 e. The van der Waals surface area contributed by atoms with Crippen molar-refractivity contribution < 1.29 is 9.59 Å². The smallest absolute Gasteiger partial charge is 0.317 e. The quantitative estimate of drug-likeness (QED) is 0.808. The monoisotopic (exact) mass is 255 g/mol. The highest BCUT2D eigenvalue weighted by Crippen LogP contribution is 2.23. The number of likely N-dealkylation sites (tertiary alicyclic amines) is 1. The number of carbonyl (C=O) groups excluding carboxylic acids is 2. The van der Waals surface area contributed by atoms with Gasteiger partial charge in [0.2, 0.25) is 5.91 Å². The van der Waals surface area contributed by atoms with Crippen LogP contribution in [0.1, 0.15) is 33.6 Å². The van der Waals surface area contributed by atoms with Crippen LogP contribution in [-0.4, -0.2) is 55.0 Å². The van der Waals surface area contributed by atoms with Gasteiger partial charge in [-0.15, -0.1) is 0 Å². The number of amides is 3. The lowest BCUT2D eigenvalue weighted by Crippen LogP contribution is -2.56. The fourth-order valence-electron chi connectivity index (χ4n) is 2.02. The summed E-state index contributed by atoms with van der Waals surface area (Å²) in [5, 5.41) is 2.83. The van der Waals surface area contributed by atoms with Gasteiger partial charge < -0.3 is 15.1 Å². The predicted molar refractivity (Wildman–Crippen MR) is 71.3 cm³/mol. The second kappa shape index (κ2) is 5.59. The van der Waals surface area contributed by atoms with Gasteiger partial charge in [-0.25, -0.2) is 4.79 Å². The molecule has 1 aliphatic rings. The Balaban J connectivity index is 2.78. The molecular weight excluding hydrogens is 230 g/mol. The third kappa shape index (κ3) is 3.62. The van der Waals surface area contributed by atoms with Gasteiger partial charge >= 0.3 is 6.03 Å². The molecular formula is C13H25N3O2. The van der Waals surface area contributed by atoms with E-state index < -0.39 is 6.04 Å². The molecule has 0 aromatic carbocycles. The maximum Gasteiger partial charge on any atom is 0.317 e. The Hall–Kier alpha value is -1.26. The van der Waals surface area contributed by atoms with Gasteiger partial charge in [0.25, 0.3) is 0 Å². The van der Waals surface area contributed by atoms with E-state index in [0.29, 0.717) is 0 Å². The van der Waals surface area contributed by atoms with Gasteiger partial charge in [0, 0.05) is 27.2 Å². The Morgan fingerprint density at radius 1 is 1.17 bits per heavy atom. The highest BCUT2D eigenvalue weighted by atomic mass is 16.2. The van der Waals surface area contributed by atoms with Crippen LogP contribution in [0, 0.1) is 5.41 Å². The number of rotatable bonds is 2. The van der Waals surface area contributed by atoms with Crippen LogP contribution in [0.5, 0.6) is 0 Å². The first kappa shape index (κ1) is 14.8. The van der Waals surface area contributed by atoms with Crippen molar-refractivity contribution in [1.29, 1.82) is 0 Å². The number of hydrogen-bond acceptors (Lipinski definition) is 2. The molecule has 0 aromatic rings. The molecule has 104 valence electrons. The van der Waals surface area contributed by atoms with E-state index in [4.69, 9.17) is 0 Å². The normalized spacial score (nSPS) is 17.5. The molecule has 0 spiro atoms. The lowest BCUT2D eigenvalue weighted by molar-refractivity contribution is -0.134. The van der Waals surface area contributed by atoms with E-state index >= 15 is 0 Å². The van der Waals surface area contributed by atoms with E-state index in [1.807, 2.05) is 25.7 Å². The summed E-state index contributed by atoms with van der Waals surface area (Å²) in [5.41, 5.74) is -0.286. The van der Waals surface area contributed by atoms with E-state index in [-0.39, 0.29) is 17.4 Å². The maximum absolute atomic E-state index is 12.4. The molecule has 1 atom stereocenters. The van der Waals surface area contributed by atoms with Crippen LogP contribution in [-0.2, 0) is 4.79 Å². The fraction of sp³-hybridized carbons (Fsp3) is 0.846. The number of carbonyl (C=O) groups is 2. The molecule has 1 fully saturated rings. The van der Waals surface area contributed by atoms with Gasteiger partial charge in [0.05, 0.1) is 0 Å². The van der Waals surface area contributed by atoms with E-state index in [1.165, 1.54) is 4.90 Å². The van der Waals surface area contributed by atoms with Crippen LogP contribution < -0.4 is 5.32 Å². The Morgan fingerprint density at radius 2 is 1.67 bits per heavy atom. The van der Waals surface area contributed by atoms with Gasteiger partial charge in [0.1, 0.15) is 6.04 Å². The number of nitrogens with zero attached hydrogens (tertiary/aromatic N) is 2. The average Bonchev–Trinajstić information content (AvgIpc) is 2.75. The first-order valence-electron chi connectivity index (χ1n) is 6.50. The number of hydrogen-bond donors (Lipinski definition) is 1. The first-order chi connectivity index (χ1) is 8.23. The summed E-state index contributed by atoms with van der Waals surface area (Å²) in [4.78, 5) is 27.5. The molecule has 1 aliphatic heterocycles. The van der Waals surface area contributed by atoms with Crippen molar-refractivity contribution in [3.05, 3.63) is 0 Å². The molecule has 1 heterocycles. The zero-order valence-electron chi connectivity index (χ0n) is 12.1. The van der Waals surface area contributed by atoms with E-state index in [9.17, 15) is 9.59 Å². The van der Waals surface area contributed by atoms with Gasteiger partial charge in [-0.2, -0.15) is 0 Å². The minimum absolute atomic E-state index is 0.0372. The Labute approximate surface area is 110 Å². The second-order valence-electron chi connectivity index (χ2n) is 6.18. The molecule has 1 saturated heterocycles. The average molecular weight is 255 g/mol. The molecule has 0 saturated carbocycles. The summed E-state index contributed by atoms with van der Waals surface area (Å²) in [6, 6.07) is -0.687. The Bertz CT molecular complexity index is 315. The highest BCUT2D eigenvalue weighted by Gasteiger charge is 2.36. The first-order valence-corrected chi connectivity index (χ1v) is 6.50. The third-order valence-electron chi connectivity index (χ3n) is 3.20. The summed E-state index contributed by atoms with van der Waals surface area (Å²) in [6.45, 7) is 7.54. The fourth-order valence-corrected chi connectivity index (χ4v) is 2.02. The second-order valence-corrected chi connectivity index (χ2v) is 6.18. The van der Waals surface area contributed by atoms with Gasteiger partial charge in [-0.05, 0) is 18.3 Å². The van der Waals surface area contributed by atoms with Crippen LogP contribution in [0.2, 0.25) is 0 Å². The third-order valence-corrected chi connectivity index (χ3v) is 3.20. The molecule has 0 radical (unpaired) electrons. The number of nitrogens with one attached hydrogen (secondary N) is 1. The maximum atomic E-state index is 12.4. The minimum Gasteiger partial charge on any atom is -0.341 e. The molecule has 0 aromatic heterocycles. The molecule has 5 heteroatoms. The summed E-state index contributed by atoms with van der Waals surface area (Å²) < 4.78 is 0. The molecule has 1 rings (SSSR count). The van der Waals surface area contributed by atoms with E-state index in [0.717, 1.165) is 25.9 Å². The molecule has 0 bridgehead atoms. The standard InChI is InChI=1S/C13H25N3O2/c1-13(2,3)10(14-12(18)15(4)5)11(17)16-8-6-7-9-16/h10H,6-9H2,1-5H3,(H,14,18)/t10-/m1/s1. The van der Waals surface area contributed by atoms with Crippen LogP contribution in [0.25, 0.3) is 0 Å². The van der Waals surface area contributed by atoms with Crippen molar-refractivity contribution in [2.45, 2.75) is 39.7 Å². The highest BCUT2D eigenvalue weighted by molar-refractivity contribution is 5.87. The summed E-state index contributed by atoms with van der Waals surface area (Å²) >= 11 is 0. The lowest BCUT2D eigenvalue weighted by Gasteiger charge is -2.34. The molecule has 0 unspecified atom stereocenters. The molecule has 0 aliphatic carbocycles. The van der Waals surface area contributed by atoms with E-state index in [1.54, 1.807) is 14.1 Å². The van der Waals surface area contributed by atoms with E-state index in [2.05, 4.69) is 5.32 Å². The topological polar surface area (TPSA) is 52.7 Å². The number of urea groups is 1. The Kier molecular flexibility index (Phi) is 4.59. The molecule has 1 N–H and O–H groups in total. The van der Waals surface area contributed by atoms with Crippen molar-refractivity contribution >= 4 is 11.9 Å². The van der Waals surface area contributed by atoms with Crippen molar-refractivity contribution in [2.75, 3.05) is 27.2 Å². The molecule has 18 heavy (non-hydrogen) atoms. The SMILES string of the molecule is CN(C)C(=O)N[C@H](C(=O)N1CCCC1)C(C)(C)C. The summed E-state index contributed by atoms with van der Waals surface area (Å²) in [5.74, 6) is 0.0372. The van der Waals surface area contributed by atoms with Crippen LogP contribution in [0.4, 0.5) is 4.79 Å². The van der Waals surface area contributed by atoms with Gasteiger partial charge in [-0.1, -0.05) is 20.8 Å². The van der Waals surface area contributed by atoms with Crippen molar-refractivity contribution in [1.82, 2.24) is 15.1 Å². The van der Waals surface area contributed by atoms with Gasteiger partial charge in [-0.3, -0.25) is 4.79 Å². The van der Waals surface area contributed by atoms with Crippen LogP contribution in [0.3, 0.4) is 0 Å². The Morgan fingerprint density at radius 3 is 2.06 bits per heavy atom. The predicted octanol–water partition coefficient (Wildman–Crippen LogP) is 1.29. The van der Waals surface area contributed by atoms with Crippen LogP contribution in [0.15, 0.2) is 0 Å². The van der Waals surface area contributed by atoms with Crippen molar-refractivity contribution in [3.63, 3.8) is 0 Å². The zero-order valence-corrected chi connectivity index (χ0v) is 12.1. The minimum atomic E-state index is -0.467. The van der Waals surface area contributed by atoms with Crippen molar-refractivity contribution in [3.8, 4) is 0 Å². The molecule has 3 amide bonds. The van der Waals surface area contributed by atoms with Gasteiger partial charge in [0.15, 0.2) is 0 Å². The molecule has 5 nitrogen and oxygen atoms in total. The van der Waals surface area contributed by atoms with Crippen LogP contribution >= 0.6 is 0 Å². The summed E-state index contributed by atoms with van der Waals surface area (Å²) in [6.07, 6.45) is 2.12.